The number of anilines is 4. The van der Waals surface area contributed by atoms with Gasteiger partial charge in [-0.1, -0.05) is 11.3 Å². The molecule has 0 bridgehead atoms. The molecule has 3 aliphatic rings. The van der Waals surface area contributed by atoms with E-state index < -0.39 is 28.3 Å². The maximum Gasteiger partial charge on any atom is 0.251 e. The molecule has 1 aromatic carbocycles. The summed E-state index contributed by atoms with van der Waals surface area (Å²) in [6.07, 6.45) is 9.28. The monoisotopic (exact) mass is 680 g/mol. The van der Waals surface area contributed by atoms with E-state index in [0.29, 0.717) is 46.5 Å². The smallest absolute Gasteiger partial charge is 0.251 e. The Morgan fingerprint density at radius 2 is 1.67 bits per heavy atom. The van der Waals surface area contributed by atoms with Crippen molar-refractivity contribution in [3.05, 3.63) is 60.6 Å². The lowest BCUT2D eigenvalue weighted by Crippen LogP contribution is -2.40. The van der Waals surface area contributed by atoms with Crippen molar-refractivity contribution in [1.82, 2.24) is 29.9 Å². The van der Waals surface area contributed by atoms with Crippen LogP contribution < -0.4 is 19.8 Å². The van der Waals surface area contributed by atoms with Gasteiger partial charge in [0.15, 0.2) is 0 Å². The summed E-state index contributed by atoms with van der Waals surface area (Å²) < 4.78 is 57.1. The fourth-order valence-electron chi connectivity index (χ4n) is 6.31. The lowest BCUT2D eigenvalue weighted by Gasteiger charge is -2.35. The Labute approximate surface area is 277 Å². The molecular formula is C32H38F2N10O3S. The summed E-state index contributed by atoms with van der Waals surface area (Å²) >= 11 is 0. The van der Waals surface area contributed by atoms with Crippen LogP contribution in [0.25, 0.3) is 17.1 Å². The van der Waals surface area contributed by atoms with E-state index in [2.05, 4.69) is 35.2 Å². The third-order valence-electron chi connectivity index (χ3n) is 9.42. The van der Waals surface area contributed by atoms with E-state index in [1.54, 1.807) is 52.4 Å². The van der Waals surface area contributed by atoms with Crippen molar-refractivity contribution in [3.8, 4) is 17.1 Å². The number of piperidine rings is 2. The maximum atomic E-state index is 14.0. The number of halogens is 2. The predicted molar refractivity (Wildman–Crippen MR) is 178 cm³/mol. The highest BCUT2D eigenvalue weighted by Gasteiger charge is 2.44. The van der Waals surface area contributed by atoms with Crippen LogP contribution in [-0.4, -0.2) is 87.9 Å². The zero-order chi connectivity index (χ0) is 33.4. The summed E-state index contributed by atoms with van der Waals surface area (Å²) in [7, 11) is -3.72. The molecule has 0 atom stereocenters. The number of rotatable bonds is 11. The molecule has 48 heavy (non-hydrogen) atoms. The number of aromatic nitrogens is 6. The Bertz CT molecular complexity index is 1850. The second kappa shape index (κ2) is 12.9. The number of hydrogen-bond donors (Lipinski definition) is 3. The molecule has 254 valence electrons. The fourth-order valence-corrected chi connectivity index (χ4v) is 7.14. The number of aliphatic hydroxyl groups excluding tert-OH is 1. The highest BCUT2D eigenvalue weighted by molar-refractivity contribution is 7.92. The Hall–Kier alpha value is -4.44. The van der Waals surface area contributed by atoms with Crippen LogP contribution >= 0.6 is 0 Å². The van der Waals surface area contributed by atoms with Crippen molar-refractivity contribution in [3.63, 3.8) is 0 Å². The van der Waals surface area contributed by atoms with Gasteiger partial charge in [0.1, 0.15) is 11.5 Å². The Morgan fingerprint density at radius 3 is 2.38 bits per heavy atom. The fraction of sp³-hybridized carbons (Fsp3) is 0.469. The van der Waals surface area contributed by atoms with Crippen LogP contribution in [0.4, 0.5) is 31.9 Å². The molecule has 1 saturated carbocycles. The first-order chi connectivity index (χ1) is 23.1. The summed E-state index contributed by atoms with van der Waals surface area (Å²) in [5.74, 6) is -2.28. The minimum atomic E-state index is -3.72. The Balaban J connectivity index is 1.21. The minimum Gasteiger partial charge on any atom is -0.395 e. The van der Waals surface area contributed by atoms with Crippen LogP contribution in [0, 0.1) is 5.41 Å². The first-order valence-electron chi connectivity index (χ1n) is 16.2. The van der Waals surface area contributed by atoms with Gasteiger partial charge in [-0.05, 0) is 60.9 Å². The average Bonchev–Trinajstić information content (AvgIpc) is 3.63. The molecule has 7 rings (SSSR count). The topological polar surface area (TPSA) is 154 Å². The number of nitrogens with zero attached hydrogens (tertiary/aromatic N) is 8. The molecule has 13 nitrogen and oxygen atoms in total. The first kappa shape index (κ1) is 32.1. The molecule has 16 heteroatoms. The minimum absolute atomic E-state index is 0.125. The largest absolute Gasteiger partial charge is 0.395 e. The molecule has 0 unspecified atom stereocenters. The van der Waals surface area contributed by atoms with Crippen molar-refractivity contribution < 1.29 is 22.3 Å². The van der Waals surface area contributed by atoms with Crippen molar-refractivity contribution in [2.24, 2.45) is 5.41 Å². The molecule has 4 aromatic rings. The van der Waals surface area contributed by atoms with Crippen molar-refractivity contribution in [1.29, 1.82) is 0 Å². The van der Waals surface area contributed by atoms with Gasteiger partial charge >= 0.3 is 0 Å². The molecule has 3 fully saturated rings. The number of aliphatic hydroxyl groups is 1. The van der Waals surface area contributed by atoms with Crippen molar-refractivity contribution >= 4 is 33.2 Å². The van der Waals surface area contributed by atoms with Gasteiger partial charge in [-0.25, -0.2) is 26.9 Å². The number of sulfonamides is 1. The van der Waals surface area contributed by atoms with Gasteiger partial charge in [0, 0.05) is 64.0 Å². The normalized spacial score (nSPS) is 18.6. The predicted octanol–water partition coefficient (Wildman–Crippen LogP) is 4.08. The molecule has 1 spiro atoms. The van der Waals surface area contributed by atoms with Gasteiger partial charge < -0.3 is 20.2 Å². The van der Waals surface area contributed by atoms with Gasteiger partial charge in [-0.15, -0.1) is 5.10 Å². The van der Waals surface area contributed by atoms with Crippen molar-refractivity contribution in [2.75, 3.05) is 58.4 Å². The Morgan fingerprint density at radius 1 is 0.896 bits per heavy atom. The highest BCUT2D eigenvalue weighted by Crippen LogP contribution is 2.54. The lowest BCUT2D eigenvalue weighted by molar-refractivity contribution is -0.0222. The lowest BCUT2D eigenvalue weighted by atomic mass is 9.93. The van der Waals surface area contributed by atoms with Crippen LogP contribution in [0.5, 0.6) is 0 Å². The molecular weight excluding hydrogens is 642 g/mol. The summed E-state index contributed by atoms with van der Waals surface area (Å²) in [6.45, 7) is 1.88. The number of nitrogens with one attached hydrogen (secondary N) is 2. The molecule has 3 N–H and O–H groups in total. The van der Waals surface area contributed by atoms with Crippen LogP contribution in [0.2, 0.25) is 0 Å². The second-order valence-electron chi connectivity index (χ2n) is 12.9. The number of benzene rings is 1. The molecule has 5 heterocycles. The van der Waals surface area contributed by atoms with Gasteiger partial charge in [-0.3, -0.25) is 9.71 Å². The number of alkyl halides is 2. The van der Waals surface area contributed by atoms with E-state index in [4.69, 9.17) is 4.98 Å². The van der Waals surface area contributed by atoms with Crippen LogP contribution in [0.15, 0.2) is 55.0 Å². The zero-order valence-corrected chi connectivity index (χ0v) is 27.2. The van der Waals surface area contributed by atoms with E-state index >= 15 is 0 Å². The third kappa shape index (κ3) is 7.33. The molecule has 0 radical (unpaired) electrons. The van der Waals surface area contributed by atoms with E-state index in [9.17, 15) is 22.3 Å². The summed E-state index contributed by atoms with van der Waals surface area (Å²) in [6, 6.07) is 10.8. The van der Waals surface area contributed by atoms with Gasteiger partial charge in [0.25, 0.3) is 5.92 Å². The second-order valence-corrected chi connectivity index (χ2v) is 14.7. The van der Waals surface area contributed by atoms with E-state index in [1.165, 1.54) is 12.8 Å². The molecule has 1 aliphatic carbocycles. The van der Waals surface area contributed by atoms with E-state index in [-0.39, 0.29) is 25.9 Å². The first-order valence-corrected chi connectivity index (χ1v) is 17.8. The van der Waals surface area contributed by atoms with E-state index in [1.807, 2.05) is 12.1 Å². The van der Waals surface area contributed by atoms with Crippen LogP contribution in [0.3, 0.4) is 0 Å². The van der Waals surface area contributed by atoms with Crippen molar-refractivity contribution in [2.45, 2.75) is 51.0 Å². The quantitative estimate of drug-likeness (QED) is 0.210. The molecule has 3 aromatic heterocycles. The van der Waals surface area contributed by atoms with Gasteiger partial charge in [0.05, 0.1) is 41.3 Å². The standard InChI is InChI=1S/C32H38F2N10O3S/c33-32(34)9-14-43(15-10-32)30-37-25(19-29(38-30)36-21-23-2-1-11-35-20-23)26-22-44(41-39-26)27-4-3-24(40-48(46,47)17-16-45)18-28(27)42-12-7-31(5-6-31)8-13-42/h1-4,11,18-20,22,40,45H,5-10,12-17,21H2,(H,36,37,38). The number of pyridine rings is 1. The molecule has 0 amide bonds. The highest BCUT2D eigenvalue weighted by atomic mass is 32.2. The Kier molecular flexibility index (Phi) is 8.62. The summed E-state index contributed by atoms with van der Waals surface area (Å²) in [5, 5.41) is 21.4. The van der Waals surface area contributed by atoms with Gasteiger partial charge in [0.2, 0.25) is 16.0 Å². The maximum absolute atomic E-state index is 14.0. The van der Waals surface area contributed by atoms with Crippen LogP contribution in [0.1, 0.15) is 44.1 Å². The van der Waals surface area contributed by atoms with Crippen LogP contribution in [-0.2, 0) is 16.6 Å². The van der Waals surface area contributed by atoms with E-state index in [0.717, 1.165) is 37.2 Å². The number of hydrogen-bond acceptors (Lipinski definition) is 11. The third-order valence-corrected chi connectivity index (χ3v) is 10.7. The summed E-state index contributed by atoms with van der Waals surface area (Å²) in [5.41, 5.74) is 4.24. The zero-order valence-electron chi connectivity index (χ0n) is 26.4. The average molecular weight is 681 g/mol. The molecule has 2 saturated heterocycles. The SMILES string of the molecule is O=S(=O)(CCO)Nc1ccc(-n2cc(-c3cc(NCc4cccnc4)nc(N4CCC(F)(F)CC4)n3)nn2)c(N2CCC3(CC2)CC3)c1. The summed E-state index contributed by atoms with van der Waals surface area (Å²) in [4.78, 5) is 17.6. The van der Waals surface area contributed by atoms with Gasteiger partial charge in [-0.2, -0.15) is 4.98 Å². The molecule has 2 aliphatic heterocycles.